The van der Waals surface area contributed by atoms with Gasteiger partial charge in [0.15, 0.2) is 0 Å². The van der Waals surface area contributed by atoms with Crippen LogP contribution in [-0.2, 0) is 0 Å². The molecular weight excluding hydrogens is 282 g/mol. The lowest BCUT2D eigenvalue weighted by molar-refractivity contribution is 0.0697. The quantitative estimate of drug-likeness (QED) is 0.901. The number of nitrogens with one attached hydrogen (secondary N) is 1. The topological polar surface area (TPSA) is 84.3 Å². The van der Waals surface area contributed by atoms with Crippen LogP contribution in [-0.4, -0.2) is 28.2 Å². The Bertz CT molecular complexity index is 661. The van der Waals surface area contributed by atoms with Crippen LogP contribution in [0.1, 0.15) is 16.2 Å². The minimum absolute atomic E-state index is 0.0497. The van der Waals surface area contributed by atoms with Gasteiger partial charge >= 0.3 is 5.97 Å². The van der Waals surface area contributed by atoms with E-state index in [2.05, 4.69) is 15.3 Å². The summed E-state index contributed by atoms with van der Waals surface area (Å²) in [6.45, 7) is 1.74. The highest BCUT2D eigenvalue weighted by atomic mass is 35.5. The number of hydrogen-bond donors (Lipinski definition) is 2. The normalized spacial score (nSPS) is 10.2. The summed E-state index contributed by atoms with van der Waals surface area (Å²) >= 11 is 5.90. The van der Waals surface area contributed by atoms with Crippen molar-refractivity contribution in [3.05, 3.63) is 40.7 Å². The second-order valence-corrected chi connectivity index (χ2v) is 4.37. The van der Waals surface area contributed by atoms with Crippen molar-refractivity contribution in [3.63, 3.8) is 0 Å². The molecule has 0 saturated heterocycles. The zero-order chi connectivity index (χ0) is 14.7. The van der Waals surface area contributed by atoms with Crippen molar-refractivity contribution in [2.24, 2.45) is 0 Å². The number of carboxylic acid groups (broad SMARTS) is 1. The molecule has 20 heavy (non-hydrogen) atoms. The number of hydrogen-bond acceptors (Lipinski definition) is 5. The Labute approximate surface area is 120 Å². The van der Waals surface area contributed by atoms with Gasteiger partial charge in [-0.3, -0.25) is 0 Å². The van der Waals surface area contributed by atoms with Gasteiger partial charge in [-0.2, -0.15) is 4.98 Å². The Morgan fingerprint density at radius 1 is 1.35 bits per heavy atom. The van der Waals surface area contributed by atoms with Gasteiger partial charge in [-0.05, 0) is 25.1 Å². The van der Waals surface area contributed by atoms with Crippen molar-refractivity contribution >= 4 is 29.1 Å². The van der Waals surface area contributed by atoms with Crippen molar-refractivity contribution in [1.82, 2.24) is 9.97 Å². The maximum absolute atomic E-state index is 10.9. The van der Waals surface area contributed by atoms with E-state index in [9.17, 15) is 4.79 Å². The first-order chi connectivity index (χ1) is 9.49. The molecule has 0 saturated carbocycles. The summed E-state index contributed by atoms with van der Waals surface area (Å²) in [5.74, 6) is 0.461. The standard InChI is InChI=1S/C13H12ClN3O3/c1-7-15-11(6-12(16-7)20-2)17-8-3-4-9(13(18)19)10(14)5-8/h3-6H,1-2H3,(H,18,19)(H,15,16,17). The predicted octanol–water partition coefficient (Wildman–Crippen LogP) is 2.89. The Hall–Kier alpha value is -2.34. The van der Waals surface area contributed by atoms with Crippen LogP contribution in [0.5, 0.6) is 5.88 Å². The first kappa shape index (κ1) is 14.1. The number of carboxylic acids is 1. The van der Waals surface area contributed by atoms with Crippen LogP contribution in [0.3, 0.4) is 0 Å². The molecule has 2 N–H and O–H groups in total. The second kappa shape index (κ2) is 5.75. The highest BCUT2D eigenvalue weighted by Crippen LogP contribution is 2.24. The van der Waals surface area contributed by atoms with E-state index >= 15 is 0 Å². The van der Waals surface area contributed by atoms with Gasteiger partial charge in [0, 0.05) is 11.8 Å². The van der Waals surface area contributed by atoms with E-state index in [0.717, 1.165) is 0 Å². The molecule has 0 amide bonds. The molecule has 1 aromatic carbocycles. The number of halogens is 1. The predicted molar refractivity (Wildman–Crippen MR) is 75.0 cm³/mol. The number of carbonyl (C=O) groups is 1. The van der Waals surface area contributed by atoms with Crippen LogP contribution in [0.2, 0.25) is 5.02 Å². The third kappa shape index (κ3) is 3.16. The summed E-state index contributed by atoms with van der Waals surface area (Å²) in [7, 11) is 1.52. The zero-order valence-electron chi connectivity index (χ0n) is 10.8. The molecule has 6 nitrogen and oxygen atoms in total. The summed E-state index contributed by atoms with van der Waals surface area (Å²) in [6, 6.07) is 6.19. The van der Waals surface area contributed by atoms with Gasteiger partial charge in [0.05, 0.1) is 17.7 Å². The Morgan fingerprint density at radius 2 is 2.10 bits per heavy atom. The molecule has 0 spiro atoms. The minimum Gasteiger partial charge on any atom is -0.481 e. The molecule has 0 fully saturated rings. The van der Waals surface area contributed by atoms with Gasteiger partial charge in [0.25, 0.3) is 0 Å². The lowest BCUT2D eigenvalue weighted by Gasteiger charge is -2.09. The number of aryl methyl sites for hydroxylation is 1. The fourth-order valence-electron chi connectivity index (χ4n) is 1.62. The molecule has 2 aromatic rings. The molecular formula is C13H12ClN3O3. The minimum atomic E-state index is -1.07. The van der Waals surface area contributed by atoms with Crippen LogP contribution in [0.15, 0.2) is 24.3 Å². The maximum Gasteiger partial charge on any atom is 0.337 e. The molecule has 2 rings (SSSR count). The van der Waals surface area contributed by atoms with Gasteiger partial charge in [-0.1, -0.05) is 11.6 Å². The largest absolute Gasteiger partial charge is 0.481 e. The van der Waals surface area contributed by atoms with Gasteiger partial charge in [0.2, 0.25) is 5.88 Å². The smallest absolute Gasteiger partial charge is 0.337 e. The van der Waals surface area contributed by atoms with Crippen LogP contribution < -0.4 is 10.1 Å². The van der Waals surface area contributed by atoms with Gasteiger partial charge in [0.1, 0.15) is 11.6 Å². The zero-order valence-corrected chi connectivity index (χ0v) is 11.6. The molecule has 0 radical (unpaired) electrons. The summed E-state index contributed by atoms with van der Waals surface area (Å²) in [5, 5.41) is 12.1. The number of aromatic carboxylic acids is 1. The highest BCUT2D eigenvalue weighted by Gasteiger charge is 2.09. The van der Waals surface area contributed by atoms with E-state index in [1.54, 1.807) is 19.1 Å². The SMILES string of the molecule is COc1cc(Nc2ccc(C(=O)O)c(Cl)c2)nc(C)n1. The average Bonchev–Trinajstić information content (AvgIpc) is 2.37. The highest BCUT2D eigenvalue weighted by molar-refractivity contribution is 6.33. The fourth-order valence-corrected chi connectivity index (χ4v) is 1.88. The Kier molecular flexibility index (Phi) is 4.05. The summed E-state index contributed by atoms with van der Waals surface area (Å²) in [6.07, 6.45) is 0. The number of ether oxygens (including phenoxy) is 1. The first-order valence-electron chi connectivity index (χ1n) is 5.69. The molecule has 0 bridgehead atoms. The molecule has 0 atom stereocenters. The third-order valence-electron chi connectivity index (χ3n) is 2.50. The van der Waals surface area contributed by atoms with Crippen molar-refractivity contribution in [1.29, 1.82) is 0 Å². The molecule has 0 unspecified atom stereocenters. The fraction of sp³-hybridized carbons (Fsp3) is 0.154. The summed E-state index contributed by atoms with van der Waals surface area (Å²) in [5.41, 5.74) is 0.675. The van der Waals surface area contributed by atoms with Gasteiger partial charge in [-0.15, -0.1) is 0 Å². The molecule has 1 aromatic heterocycles. The first-order valence-corrected chi connectivity index (χ1v) is 6.07. The van der Waals surface area contributed by atoms with E-state index in [-0.39, 0.29) is 10.6 Å². The molecule has 104 valence electrons. The average molecular weight is 294 g/mol. The monoisotopic (exact) mass is 293 g/mol. The second-order valence-electron chi connectivity index (χ2n) is 3.97. The number of methoxy groups -OCH3 is 1. The Balaban J connectivity index is 2.28. The van der Waals surface area contributed by atoms with E-state index in [1.165, 1.54) is 19.2 Å². The summed E-state index contributed by atoms with van der Waals surface area (Å²) < 4.78 is 5.05. The van der Waals surface area contributed by atoms with Crippen molar-refractivity contribution < 1.29 is 14.6 Å². The number of rotatable bonds is 4. The van der Waals surface area contributed by atoms with Gasteiger partial charge in [-0.25, -0.2) is 9.78 Å². The van der Waals surface area contributed by atoms with E-state index < -0.39 is 5.97 Å². The van der Waals surface area contributed by atoms with Crippen molar-refractivity contribution in [3.8, 4) is 5.88 Å². The molecule has 0 aliphatic rings. The Morgan fingerprint density at radius 3 is 2.70 bits per heavy atom. The molecule has 0 aliphatic heterocycles. The van der Waals surface area contributed by atoms with Crippen LogP contribution in [0.25, 0.3) is 0 Å². The third-order valence-corrected chi connectivity index (χ3v) is 2.81. The van der Waals surface area contributed by atoms with Crippen LogP contribution in [0, 0.1) is 6.92 Å². The number of benzene rings is 1. The lowest BCUT2D eigenvalue weighted by Crippen LogP contribution is -2.01. The van der Waals surface area contributed by atoms with Crippen LogP contribution >= 0.6 is 11.6 Å². The van der Waals surface area contributed by atoms with Crippen LogP contribution in [0.4, 0.5) is 11.5 Å². The maximum atomic E-state index is 10.9. The molecule has 7 heteroatoms. The number of aromatic nitrogens is 2. The summed E-state index contributed by atoms with van der Waals surface area (Å²) in [4.78, 5) is 19.2. The van der Waals surface area contributed by atoms with E-state index in [4.69, 9.17) is 21.4 Å². The van der Waals surface area contributed by atoms with E-state index in [1.807, 2.05) is 0 Å². The number of nitrogens with zero attached hydrogens (tertiary/aromatic N) is 2. The van der Waals surface area contributed by atoms with Crippen molar-refractivity contribution in [2.45, 2.75) is 6.92 Å². The van der Waals surface area contributed by atoms with Gasteiger partial charge < -0.3 is 15.2 Å². The molecule has 1 heterocycles. The molecule has 0 aliphatic carbocycles. The lowest BCUT2D eigenvalue weighted by atomic mass is 10.2. The van der Waals surface area contributed by atoms with E-state index in [0.29, 0.717) is 23.2 Å². The van der Waals surface area contributed by atoms with Crippen molar-refractivity contribution in [2.75, 3.05) is 12.4 Å². The number of anilines is 2.